The molecule has 3 heterocycles. The van der Waals surface area contributed by atoms with Gasteiger partial charge in [-0.25, -0.2) is 14.3 Å². The van der Waals surface area contributed by atoms with Crippen molar-refractivity contribution in [2.24, 2.45) is 0 Å². The van der Waals surface area contributed by atoms with Gasteiger partial charge in [0.05, 0.1) is 12.7 Å². The number of fused-ring (bicyclic) bond motifs is 1. The first-order valence-electron chi connectivity index (χ1n) is 6.92. The number of pyridine rings is 1. The molecule has 0 aromatic carbocycles. The zero-order valence-electron chi connectivity index (χ0n) is 11.6. The van der Waals surface area contributed by atoms with Gasteiger partial charge in [0.15, 0.2) is 11.5 Å². The van der Waals surface area contributed by atoms with Gasteiger partial charge in [-0.1, -0.05) is 0 Å². The van der Waals surface area contributed by atoms with Gasteiger partial charge in [0.1, 0.15) is 0 Å². The van der Waals surface area contributed by atoms with E-state index >= 15 is 0 Å². The molecule has 1 fully saturated rings. The van der Waals surface area contributed by atoms with Crippen LogP contribution in [0, 0.1) is 0 Å². The molecule has 2 aromatic heterocycles. The van der Waals surface area contributed by atoms with E-state index in [0.29, 0.717) is 5.56 Å². The highest BCUT2D eigenvalue weighted by atomic mass is 16.5. The summed E-state index contributed by atoms with van der Waals surface area (Å²) in [4.78, 5) is 18.4. The van der Waals surface area contributed by atoms with Gasteiger partial charge in [-0.15, -0.1) is 0 Å². The van der Waals surface area contributed by atoms with E-state index < -0.39 is 0 Å². The Hall–Kier alpha value is -1.95. The second-order valence-electron chi connectivity index (χ2n) is 5.04. The Bertz CT molecular complexity index is 617. The first kappa shape index (κ1) is 13.1. The average molecular weight is 274 g/mol. The number of hydrogen-bond acceptors (Lipinski definition) is 5. The van der Waals surface area contributed by atoms with Gasteiger partial charge in [-0.05, 0) is 38.1 Å². The van der Waals surface area contributed by atoms with Crippen molar-refractivity contribution in [3.05, 3.63) is 29.7 Å². The molecule has 0 amide bonds. The van der Waals surface area contributed by atoms with Crippen molar-refractivity contribution >= 4 is 11.6 Å². The molecule has 0 saturated carbocycles. The maximum Gasteiger partial charge on any atom is 0.339 e. The zero-order valence-corrected chi connectivity index (χ0v) is 11.6. The number of ether oxygens (including phenoxy) is 1. The van der Waals surface area contributed by atoms with Gasteiger partial charge in [0, 0.05) is 19.2 Å². The molecular formula is C14H18N4O2. The first-order chi connectivity index (χ1) is 9.76. The first-order valence-corrected chi connectivity index (χ1v) is 6.92. The number of carbonyl (C=O) groups is 1. The van der Waals surface area contributed by atoms with Gasteiger partial charge in [0.25, 0.3) is 0 Å². The summed E-state index contributed by atoms with van der Waals surface area (Å²) >= 11 is 0. The molecule has 6 nitrogen and oxygen atoms in total. The van der Waals surface area contributed by atoms with Crippen LogP contribution in [0.25, 0.3) is 5.65 Å². The lowest BCUT2D eigenvalue weighted by Gasteiger charge is -2.12. The third-order valence-corrected chi connectivity index (χ3v) is 3.65. The number of rotatable bonds is 4. The highest BCUT2D eigenvalue weighted by Crippen LogP contribution is 2.10. The summed E-state index contributed by atoms with van der Waals surface area (Å²) in [7, 11) is 1.37. The van der Waals surface area contributed by atoms with E-state index in [-0.39, 0.29) is 5.97 Å². The summed E-state index contributed by atoms with van der Waals surface area (Å²) < 4.78 is 6.34. The van der Waals surface area contributed by atoms with Crippen LogP contribution in [0.2, 0.25) is 0 Å². The summed E-state index contributed by atoms with van der Waals surface area (Å²) in [5, 5.41) is 4.42. The lowest BCUT2D eigenvalue weighted by Crippen LogP contribution is -2.22. The SMILES string of the molecule is COC(=O)c1ccc2nc(CCN3CCCC3)nn2c1. The number of methoxy groups -OCH3 is 1. The Labute approximate surface area is 117 Å². The van der Waals surface area contributed by atoms with Crippen LogP contribution in [-0.4, -0.2) is 52.2 Å². The van der Waals surface area contributed by atoms with Gasteiger partial charge in [0.2, 0.25) is 0 Å². The molecule has 0 atom stereocenters. The fraction of sp³-hybridized carbons (Fsp3) is 0.500. The van der Waals surface area contributed by atoms with E-state index in [1.165, 1.54) is 33.0 Å². The third kappa shape index (κ3) is 2.65. The molecule has 6 heteroatoms. The summed E-state index contributed by atoms with van der Waals surface area (Å²) in [6.45, 7) is 3.36. The topological polar surface area (TPSA) is 59.7 Å². The number of carbonyl (C=O) groups excluding carboxylic acids is 1. The van der Waals surface area contributed by atoms with Crippen LogP contribution in [0.4, 0.5) is 0 Å². The molecule has 1 saturated heterocycles. The lowest BCUT2D eigenvalue weighted by molar-refractivity contribution is 0.0600. The van der Waals surface area contributed by atoms with Gasteiger partial charge < -0.3 is 9.64 Å². The van der Waals surface area contributed by atoms with Crippen LogP contribution in [0.1, 0.15) is 29.0 Å². The Morgan fingerprint density at radius 2 is 2.15 bits per heavy atom. The van der Waals surface area contributed by atoms with Crippen LogP contribution in [0.5, 0.6) is 0 Å². The molecule has 106 valence electrons. The third-order valence-electron chi connectivity index (χ3n) is 3.65. The Kier molecular flexibility index (Phi) is 3.64. The maximum atomic E-state index is 11.5. The zero-order chi connectivity index (χ0) is 13.9. The van der Waals surface area contributed by atoms with Gasteiger partial charge >= 0.3 is 5.97 Å². The van der Waals surface area contributed by atoms with E-state index in [1.54, 1.807) is 22.8 Å². The van der Waals surface area contributed by atoms with Crippen molar-refractivity contribution in [2.75, 3.05) is 26.7 Å². The fourth-order valence-electron chi connectivity index (χ4n) is 2.54. The normalized spacial score (nSPS) is 15.8. The molecule has 1 aliphatic heterocycles. The Morgan fingerprint density at radius 1 is 1.35 bits per heavy atom. The molecule has 3 rings (SSSR count). The van der Waals surface area contributed by atoms with Crippen molar-refractivity contribution in [3.8, 4) is 0 Å². The number of likely N-dealkylation sites (tertiary alicyclic amines) is 1. The second-order valence-corrected chi connectivity index (χ2v) is 5.04. The van der Waals surface area contributed by atoms with Crippen LogP contribution < -0.4 is 0 Å². The molecule has 0 radical (unpaired) electrons. The number of aromatic nitrogens is 3. The van der Waals surface area contributed by atoms with Gasteiger partial charge in [-0.3, -0.25) is 0 Å². The highest BCUT2D eigenvalue weighted by Gasteiger charge is 2.13. The Morgan fingerprint density at radius 3 is 2.90 bits per heavy atom. The fourth-order valence-corrected chi connectivity index (χ4v) is 2.54. The molecule has 0 bridgehead atoms. The molecule has 0 spiro atoms. The van der Waals surface area contributed by atoms with Crippen molar-refractivity contribution in [1.82, 2.24) is 19.5 Å². The summed E-state index contributed by atoms with van der Waals surface area (Å²) in [6.07, 6.45) is 5.09. The lowest BCUT2D eigenvalue weighted by atomic mass is 10.3. The van der Waals surface area contributed by atoms with E-state index in [1.807, 2.05) is 0 Å². The van der Waals surface area contributed by atoms with E-state index in [9.17, 15) is 4.79 Å². The van der Waals surface area contributed by atoms with Crippen LogP contribution >= 0.6 is 0 Å². The molecule has 0 N–H and O–H groups in total. The smallest absolute Gasteiger partial charge is 0.339 e. The molecule has 0 aliphatic carbocycles. The highest BCUT2D eigenvalue weighted by molar-refractivity contribution is 5.89. The minimum Gasteiger partial charge on any atom is -0.465 e. The van der Waals surface area contributed by atoms with Crippen molar-refractivity contribution in [1.29, 1.82) is 0 Å². The molecule has 20 heavy (non-hydrogen) atoms. The monoisotopic (exact) mass is 274 g/mol. The van der Waals surface area contributed by atoms with E-state index in [2.05, 4.69) is 15.0 Å². The van der Waals surface area contributed by atoms with Crippen molar-refractivity contribution in [3.63, 3.8) is 0 Å². The van der Waals surface area contributed by atoms with Crippen molar-refractivity contribution in [2.45, 2.75) is 19.3 Å². The van der Waals surface area contributed by atoms with E-state index in [4.69, 9.17) is 4.74 Å². The Balaban J connectivity index is 1.74. The van der Waals surface area contributed by atoms with Crippen molar-refractivity contribution < 1.29 is 9.53 Å². The minimum absolute atomic E-state index is 0.360. The number of hydrogen-bond donors (Lipinski definition) is 0. The number of nitrogens with zero attached hydrogens (tertiary/aromatic N) is 4. The minimum atomic E-state index is -0.360. The quantitative estimate of drug-likeness (QED) is 0.783. The average Bonchev–Trinajstić information content (AvgIpc) is 3.12. The van der Waals surface area contributed by atoms with Crippen LogP contribution in [0.3, 0.4) is 0 Å². The summed E-state index contributed by atoms with van der Waals surface area (Å²) in [6, 6.07) is 3.50. The van der Waals surface area contributed by atoms with Crippen LogP contribution in [0.15, 0.2) is 18.3 Å². The summed E-state index contributed by atoms with van der Waals surface area (Å²) in [5.41, 5.74) is 1.24. The van der Waals surface area contributed by atoms with Crippen LogP contribution in [-0.2, 0) is 11.2 Å². The number of esters is 1. The standard InChI is InChI=1S/C14H18N4O2/c1-20-14(19)11-4-5-13-15-12(16-18(13)10-11)6-9-17-7-2-3-8-17/h4-5,10H,2-3,6-9H2,1H3. The largest absolute Gasteiger partial charge is 0.465 e. The molecule has 2 aromatic rings. The predicted molar refractivity (Wildman–Crippen MR) is 73.7 cm³/mol. The second kappa shape index (κ2) is 5.58. The maximum absolute atomic E-state index is 11.5. The van der Waals surface area contributed by atoms with Gasteiger partial charge in [-0.2, -0.15) is 5.10 Å². The van der Waals surface area contributed by atoms with E-state index in [0.717, 1.165) is 24.4 Å². The summed E-state index contributed by atoms with van der Waals surface area (Å²) in [5.74, 6) is 0.458. The molecular weight excluding hydrogens is 256 g/mol. The molecule has 1 aliphatic rings. The predicted octanol–water partition coefficient (Wildman–Crippen LogP) is 1.15. The molecule has 0 unspecified atom stereocenters.